The maximum Gasteiger partial charge on any atom is 0.267 e. The smallest absolute Gasteiger partial charge is 0.267 e. The maximum atomic E-state index is 12.3. The number of carbonyl (C=O) groups excluding carboxylic acids is 2. The number of sulfone groups is 1. The van der Waals surface area contributed by atoms with E-state index in [-0.39, 0.29) is 47.6 Å². The molecule has 1 saturated heterocycles. The van der Waals surface area contributed by atoms with Crippen LogP contribution < -0.4 is 5.32 Å². The van der Waals surface area contributed by atoms with Crippen LogP contribution in [0.4, 0.5) is 0 Å². The zero-order valence-corrected chi connectivity index (χ0v) is 15.0. The molecule has 2 N–H and O–H groups in total. The van der Waals surface area contributed by atoms with Crippen LogP contribution in [0.3, 0.4) is 0 Å². The van der Waals surface area contributed by atoms with Gasteiger partial charge in [0.1, 0.15) is 11.5 Å². The predicted octanol–water partition coefficient (Wildman–Crippen LogP) is 0.216. The molecular weight excluding hydrogens is 358 g/mol. The number of phenolic OH excluding ortho intramolecular Hbond substituents is 1. The number of amides is 2. The third kappa shape index (κ3) is 4.40. The molecule has 0 aliphatic carbocycles. The van der Waals surface area contributed by atoms with Gasteiger partial charge in [-0.05, 0) is 30.5 Å². The summed E-state index contributed by atoms with van der Waals surface area (Å²) < 4.78 is 23.2. The second kappa shape index (κ2) is 7.45. The van der Waals surface area contributed by atoms with E-state index in [2.05, 4.69) is 10.4 Å². The molecule has 2 aliphatic heterocycles. The standard InChI is InChI=1S/C17H21N3O5S/c21-14-3-1-2-12(10-14)6-8-18-17(23)15-4-5-16(22)20(19-15)13-7-9-26(24,25)11-13/h1-3,10,13,21H,4-9,11H2,(H,18,23)/t13-/m0/s1. The fourth-order valence-corrected chi connectivity index (χ4v) is 4.81. The normalized spacial score (nSPS) is 22.2. The lowest BCUT2D eigenvalue weighted by molar-refractivity contribution is -0.133. The average Bonchev–Trinajstić information content (AvgIpc) is 2.95. The Morgan fingerprint density at radius 1 is 1.35 bits per heavy atom. The summed E-state index contributed by atoms with van der Waals surface area (Å²) in [5, 5.41) is 17.5. The second-order valence-electron chi connectivity index (χ2n) is 6.52. The summed E-state index contributed by atoms with van der Waals surface area (Å²) in [6.45, 7) is 0.368. The van der Waals surface area contributed by atoms with Crippen molar-refractivity contribution in [3.63, 3.8) is 0 Å². The molecule has 140 valence electrons. The largest absolute Gasteiger partial charge is 0.508 e. The van der Waals surface area contributed by atoms with Gasteiger partial charge >= 0.3 is 0 Å². The summed E-state index contributed by atoms with van der Waals surface area (Å²) in [5.74, 6) is -0.491. The molecule has 1 aromatic carbocycles. The Labute approximate surface area is 151 Å². The highest BCUT2D eigenvalue weighted by atomic mass is 32.2. The van der Waals surface area contributed by atoms with Crippen LogP contribution >= 0.6 is 0 Å². The van der Waals surface area contributed by atoms with Crippen molar-refractivity contribution in [3.8, 4) is 5.75 Å². The Morgan fingerprint density at radius 3 is 2.85 bits per heavy atom. The van der Waals surface area contributed by atoms with Crippen LogP contribution in [0, 0.1) is 0 Å². The van der Waals surface area contributed by atoms with E-state index in [1.165, 1.54) is 5.01 Å². The molecule has 8 nitrogen and oxygen atoms in total. The van der Waals surface area contributed by atoms with Crippen LogP contribution in [0.5, 0.6) is 5.75 Å². The molecule has 0 aromatic heterocycles. The Kier molecular flexibility index (Phi) is 5.26. The fraction of sp³-hybridized carbons (Fsp3) is 0.471. The lowest BCUT2D eigenvalue weighted by Gasteiger charge is -2.27. The fourth-order valence-electron chi connectivity index (χ4n) is 3.12. The first-order valence-electron chi connectivity index (χ1n) is 8.50. The number of hydrogen-bond donors (Lipinski definition) is 2. The van der Waals surface area contributed by atoms with Crippen LogP contribution in [-0.4, -0.2) is 60.2 Å². The van der Waals surface area contributed by atoms with Crippen LogP contribution in [0.25, 0.3) is 0 Å². The summed E-state index contributed by atoms with van der Waals surface area (Å²) in [5.41, 5.74) is 1.13. The first-order chi connectivity index (χ1) is 12.3. The summed E-state index contributed by atoms with van der Waals surface area (Å²) >= 11 is 0. The highest BCUT2D eigenvalue weighted by molar-refractivity contribution is 7.91. The first kappa shape index (κ1) is 18.4. The molecule has 0 spiro atoms. The third-order valence-corrected chi connectivity index (χ3v) is 6.24. The SMILES string of the molecule is O=C(NCCc1cccc(O)c1)C1=NN([C@H]2CCS(=O)(=O)C2)C(=O)CC1. The summed E-state index contributed by atoms with van der Waals surface area (Å²) in [4.78, 5) is 24.4. The van der Waals surface area contributed by atoms with E-state index in [0.29, 0.717) is 19.4 Å². The number of hydrazone groups is 1. The highest BCUT2D eigenvalue weighted by Crippen LogP contribution is 2.22. The average molecular weight is 379 g/mol. The van der Waals surface area contributed by atoms with Crippen LogP contribution in [0.15, 0.2) is 29.4 Å². The van der Waals surface area contributed by atoms with Gasteiger partial charge in [0.05, 0.1) is 17.5 Å². The van der Waals surface area contributed by atoms with Gasteiger partial charge in [0.2, 0.25) is 5.91 Å². The molecule has 3 rings (SSSR count). The number of hydrogen-bond acceptors (Lipinski definition) is 6. The number of nitrogens with zero attached hydrogens (tertiary/aromatic N) is 2. The molecule has 0 bridgehead atoms. The van der Waals surface area contributed by atoms with E-state index in [1.807, 2.05) is 6.07 Å². The van der Waals surface area contributed by atoms with E-state index in [0.717, 1.165) is 5.56 Å². The summed E-state index contributed by atoms with van der Waals surface area (Å²) in [6, 6.07) is 6.31. The molecule has 2 aliphatic rings. The Bertz CT molecular complexity index is 850. The molecule has 0 radical (unpaired) electrons. The molecule has 26 heavy (non-hydrogen) atoms. The topological polar surface area (TPSA) is 116 Å². The van der Waals surface area contributed by atoms with Crippen molar-refractivity contribution in [2.75, 3.05) is 18.1 Å². The van der Waals surface area contributed by atoms with Crippen molar-refractivity contribution in [2.24, 2.45) is 5.10 Å². The molecule has 1 aromatic rings. The van der Waals surface area contributed by atoms with Crippen molar-refractivity contribution < 1.29 is 23.1 Å². The predicted molar refractivity (Wildman–Crippen MR) is 95.4 cm³/mol. The van der Waals surface area contributed by atoms with Crippen LogP contribution in [0.2, 0.25) is 0 Å². The van der Waals surface area contributed by atoms with Crippen LogP contribution in [-0.2, 0) is 25.8 Å². The van der Waals surface area contributed by atoms with Crippen molar-refractivity contribution in [1.82, 2.24) is 10.3 Å². The Hall–Kier alpha value is -2.42. The van der Waals surface area contributed by atoms with Gasteiger partial charge in [0, 0.05) is 19.4 Å². The third-order valence-electron chi connectivity index (χ3n) is 4.49. The van der Waals surface area contributed by atoms with Gasteiger partial charge in [-0.15, -0.1) is 0 Å². The number of carbonyl (C=O) groups is 2. The van der Waals surface area contributed by atoms with E-state index < -0.39 is 15.9 Å². The van der Waals surface area contributed by atoms with E-state index in [1.54, 1.807) is 18.2 Å². The molecule has 0 saturated carbocycles. The minimum Gasteiger partial charge on any atom is -0.508 e. The van der Waals surface area contributed by atoms with E-state index in [4.69, 9.17) is 0 Å². The second-order valence-corrected chi connectivity index (χ2v) is 8.75. The zero-order chi connectivity index (χ0) is 18.7. The van der Waals surface area contributed by atoms with Gasteiger partial charge in [-0.3, -0.25) is 9.59 Å². The van der Waals surface area contributed by atoms with Crippen LogP contribution in [0.1, 0.15) is 24.8 Å². The Balaban J connectivity index is 1.59. The van der Waals surface area contributed by atoms with Gasteiger partial charge in [-0.2, -0.15) is 5.10 Å². The van der Waals surface area contributed by atoms with E-state index in [9.17, 15) is 23.1 Å². The van der Waals surface area contributed by atoms with E-state index >= 15 is 0 Å². The minimum absolute atomic E-state index is 0.0441. The van der Waals surface area contributed by atoms with Crippen molar-refractivity contribution in [2.45, 2.75) is 31.7 Å². The van der Waals surface area contributed by atoms with Gasteiger partial charge in [0.15, 0.2) is 9.84 Å². The van der Waals surface area contributed by atoms with Crippen molar-refractivity contribution in [3.05, 3.63) is 29.8 Å². The highest BCUT2D eigenvalue weighted by Gasteiger charge is 2.37. The lowest BCUT2D eigenvalue weighted by atomic mass is 10.1. The molecule has 2 heterocycles. The Morgan fingerprint density at radius 2 is 2.15 bits per heavy atom. The lowest BCUT2D eigenvalue weighted by Crippen LogP contribution is -2.44. The van der Waals surface area contributed by atoms with Gasteiger partial charge in [0.25, 0.3) is 5.91 Å². The van der Waals surface area contributed by atoms with Gasteiger partial charge < -0.3 is 10.4 Å². The molecule has 0 unspecified atom stereocenters. The first-order valence-corrected chi connectivity index (χ1v) is 10.3. The molecular formula is C17H21N3O5S. The number of rotatable bonds is 5. The number of nitrogens with one attached hydrogen (secondary N) is 1. The van der Waals surface area contributed by atoms with Crippen molar-refractivity contribution in [1.29, 1.82) is 0 Å². The monoisotopic (exact) mass is 379 g/mol. The molecule has 2 amide bonds. The summed E-state index contributed by atoms with van der Waals surface area (Å²) in [6.07, 6.45) is 1.29. The molecule has 1 atom stereocenters. The van der Waals surface area contributed by atoms with Gasteiger partial charge in [-0.25, -0.2) is 13.4 Å². The maximum absolute atomic E-state index is 12.3. The zero-order valence-electron chi connectivity index (χ0n) is 14.2. The molecule has 9 heteroatoms. The van der Waals surface area contributed by atoms with Gasteiger partial charge in [-0.1, -0.05) is 12.1 Å². The summed E-state index contributed by atoms with van der Waals surface area (Å²) in [7, 11) is -3.14. The number of aromatic hydroxyl groups is 1. The molecule has 1 fully saturated rings. The number of phenols is 1. The number of benzene rings is 1. The minimum atomic E-state index is -3.14. The van der Waals surface area contributed by atoms with Crippen molar-refractivity contribution >= 4 is 27.4 Å². The quantitative estimate of drug-likeness (QED) is 0.759.